The zero-order valence-electron chi connectivity index (χ0n) is 13.0. The number of halogens is 3. The van der Waals surface area contributed by atoms with Crippen LogP contribution < -0.4 is 5.32 Å². The van der Waals surface area contributed by atoms with E-state index in [4.69, 9.17) is 23.2 Å². The number of nitrogens with one attached hydrogen (secondary N) is 1. The third-order valence-corrected chi connectivity index (χ3v) is 6.77. The molecule has 3 rings (SSSR count). The van der Waals surface area contributed by atoms with E-state index in [0.29, 0.717) is 14.7 Å². The summed E-state index contributed by atoms with van der Waals surface area (Å²) in [6.07, 6.45) is 2.05. The molecule has 0 bridgehead atoms. The average molecular weight is 420 g/mol. The smallest absolute Gasteiger partial charge is 0.211 e. The summed E-state index contributed by atoms with van der Waals surface area (Å²) in [6, 6.07) is 4.68. The van der Waals surface area contributed by atoms with Gasteiger partial charge in [-0.15, -0.1) is 0 Å². The number of fused-ring (bicyclic) bond motifs is 1. The Morgan fingerprint density at radius 3 is 2.68 bits per heavy atom. The van der Waals surface area contributed by atoms with Gasteiger partial charge < -0.3 is 5.32 Å². The number of rotatable bonds is 4. The maximum absolute atomic E-state index is 14.3. The van der Waals surface area contributed by atoms with E-state index in [1.54, 1.807) is 25.1 Å². The first-order chi connectivity index (χ1) is 11.7. The quantitative estimate of drug-likeness (QED) is 0.662. The highest BCUT2D eigenvalue weighted by molar-refractivity contribution is 7.92. The monoisotopic (exact) mass is 419 g/mol. The lowest BCUT2D eigenvalue weighted by Gasteiger charge is -2.18. The lowest BCUT2D eigenvalue weighted by Crippen LogP contribution is -2.09. The summed E-state index contributed by atoms with van der Waals surface area (Å²) in [6.45, 7) is 1.80. The van der Waals surface area contributed by atoms with Crippen LogP contribution in [0.1, 0.15) is 18.5 Å². The largest absolute Gasteiger partial charge is 0.375 e. The van der Waals surface area contributed by atoms with Crippen molar-refractivity contribution < 1.29 is 12.8 Å². The minimum Gasteiger partial charge on any atom is -0.375 e. The molecule has 0 amide bonds. The normalized spacial score (nSPS) is 13.2. The van der Waals surface area contributed by atoms with E-state index in [0.717, 1.165) is 29.4 Å². The van der Waals surface area contributed by atoms with Gasteiger partial charge in [-0.1, -0.05) is 40.6 Å². The molecule has 1 atom stereocenters. The van der Waals surface area contributed by atoms with Crippen molar-refractivity contribution in [1.29, 1.82) is 0 Å². The first-order valence-corrected chi connectivity index (χ1v) is 10.5. The fourth-order valence-corrected chi connectivity index (χ4v) is 4.71. The Hall–Kier alpha value is -1.48. The van der Waals surface area contributed by atoms with Crippen molar-refractivity contribution in [2.45, 2.75) is 17.3 Å². The van der Waals surface area contributed by atoms with E-state index in [1.165, 1.54) is 0 Å². The van der Waals surface area contributed by atoms with Crippen LogP contribution in [-0.4, -0.2) is 24.6 Å². The molecule has 10 heteroatoms. The molecule has 0 radical (unpaired) electrons. The minimum atomic E-state index is -3.50. The fraction of sp³-hybridized carbons (Fsp3) is 0.200. The Labute approximate surface area is 157 Å². The molecular formula is C15H12Cl2FN3O2S2. The van der Waals surface area contributed by atoms with E-state index < -0.39 is 15.7 Å². The molecular weight excluding hydrogens is 408 g/mol. The van der Waals surface area contributed by atoms with Crippen molar-refractivity contribution in [1.82, 2.24) is 9.97 Å². The predicted molar refractivity (Wildman–Crippen MR) is 99.0 cm³/mol. The zero-order chi connectivity index (χ0) is 18.4. The molecule has 132 valence electrons. The Balaban J connectivity index is 2.05. The fourth-order valence-electron chi connectivity index (χ4n) is 2.27. The number of hydrogen-bond acceptors (Lipinski definition) is 6. The molecule has 0 aliphatic heterocycles. The van der Waals surface area contributed by atoms with Crippen LogP contribution >= 0.6 is 34.5 Å². The maximum Gasteiger partial charge on any atom is 0.211 e. The van der Waals surface area contributed by atoms with Gasteiger partial charge >= 0.3 is 0 Å². The number of aromatic nitrogens is 2. The predicted octanol–water partition coefficient (Wildman–Crippen LogP) is 4.71. The summed E-state index contributed by atoms with van der Waals surface area (Å²) in [7, 11) is -3.50. The van der Waals surface area contributed by atoms with Gasteiger partial charge in [0.25, 0.3) is 0 Å². The molecule has 25 heavy (non-hydrogen) atoms. The zero-order valence-corrected chi connectivity index (χ0v) is 16.2. The van der Waals surface area contributed by atoms with Crippen molar-refractivity contribution in [2.24, 2.45) is 0 Å². The molecule has 2 heterocycles. The first kappa shape index (κ1) is 18.3. The van der Waals surface area contributed by atoms with Gasteiger partial charge in [-0.2, -0.15) is 0 Å². The van der Waals surface area contributed by atoms with Gasteiger partial charge in [-0.3, -0.25) is 0 Å². The van der Waals surface area contributed by atoms with E-state index in [1.807, 2.05) is 0 Å². The highest BCUT2D eigenvalue weighted by atomic mass is 35.5. The number of thiazole rings is 1. The van der Waals surface area contributed by atoms with Gasteiger partial charge in [0.2, 0.25) is 14.2 Å². The van der Waals surface area contributed by atoms with E-state index >= 15 is 0 Å². The van der Waals surface area contributed by atoms with Crippen molar-refractivity contribution in [3.63, 3.8) is 0 Å². The van der Waals surface area contributed by atoms with Crippen LogP contribution in [0.15, 0.2) is 28.7 Å². The molecule has 5 nitrogen and oxygen atoms in total. The third-order valence-electron chi connectivity index (χ3n) is 3.46. The van der Waals surface area contributed by atoms with Crippen LogP contribution in [0.25, 0.3) is 10.3 Å². The molecule has 2 aromatic heterocycles. The van der Waals surface area contributed by atoms with Gasteiger partial charge in [0.05, 0.1) is 17.9 Å². The SMILES string of the molecule is C[C@@H](Nc1c(F)cnc2nc(S(C)(=O)=O)sc12)c1ccc(Cl)cc1Cl. The lowest BCUT2D eigenvalue weighted by atomic mass is 10.1. The molecule has 0 saturated carbocycles. The molecule has 0 fully saturated rings. The highest BCUT2D eigenvalue weighted by Gasteiger charge is 2.21. The standard InChI is InChI=1S/C15H12Cl2FN3O2S2/c1-7(9-4-3-8(16)5-10(9)17)20-12-11(18)6-19-14-13(12)24-15(21-14)25(2,22)23/h3-7H,1-2H3,(H,19,20)/t7-/m1/s1. The average Bonchev–Trinajstić information content (AvgIpc) is 2.94. The molecule has 0 aliphatic rings. The number of hydrogen-bond donors (Lipinski definition) is 1. The van der Waals surface area contributed by atoms with Crippen molar-refractivity contribution in [2.75, 3.05) is 11.6 Å². The van der Waals surface area contributed by atoms with Crippen molar-refractivity contribution >= 4 is 60.4 Å². The number of benzene rings is 1. The summed E-state index contributed by atoms with van der Waals surface area (Å²) < 4.78 is 37.9. The molecule has 0 aliphatic carbocycles. The first-order valence-electron chi connectivity index (χ1n) is 7.03. The van der Waals surface area contributed by atoms with Crippen LogP contribution in [-0.2, 0) is 9.84 Å². The van der Waals surface area contributed by atoms with Crippen LogP contribution in [0.5, 0.6) is 0 Å². The summed E-state index contributed by atoms with van der Waals surface area (Å²) in [4.78, 5) is 7.83. The molecule has 1 N–H and O–H groups in total. The highest BCUT2D eigenvalue weighted by Crippen LogP contribution is 2.35. The summed E-state index contributed by atoms with van der Waals surface area (Å²) >= 11 is 13.0. The van der Waals surface area contributed by atoms with Gasteiger partial charge in [0, 0.05) is 16.3 Å². The van der Waals surface area contributed by atoms with Crippen LogP contribution in [0.4, 0.5) is 10.1 Å². The topological polar surface area (TPSA) is 72.0 Å². The Bertz CT molecular complexity index is 1070. The lowest BCUT2D eigenvalue weighted by molar-refractivity contribution is 0.601. The van der Waals surface area contributed by atoms with Crippen molar-refractivity contribution in [3.05, 3.63) is 45.8 Å². The van der Waals surface area contributed by atoms with Crippen LogP contribution in [0.3, 0.4) is 0 Å². The number of pyridine rings is 1. The molecule has 0 unspecified atom stereocenters. The summed E-state index contributed by atoms with van der Waals surface area (Å²) in [5, 5.41) is 3.97. The summed E-state index contributed by atoms with van der Waals surface area (Å²) in [5.74, 6) is -0.604. The molecule has 3 aromatic rings. The van der Waals surface area contributed by atoms with Gasteiger partial charge in [0.15, 0.2) is 11.5 Å². The summed E-state index contributed by atoms with van der Waals surface area (Å²) in [5.41, 5.74) is 1.03. The Morgan fingerprint density at radius 2 is 2.04 bits per heavy atom. The molecule has 0 saturated heterocycles. The van der Waals surface area contributed by atoms with Gasteiger partial charge in [0.1, 0.15) is 4.70 Å². The second-order valence-corrected chi connectivity index (χ2v) is 9.45. The van der Waals surface area contributed by atoms with Gasteiger partial charge in [-0.05, 0) is 24.6 Å². The van der Waals surface area contributed by atoms with Crippen molar-refractivity contribution in [3.8, 4) is 0 Å². The number of nitrogens with zero attached hydrogens (tertiary/aromatic N) is 2. The minimum absolute atomic E-state index is 0.110. The van der Waals surface area contributed by atoms with E-state index in [-0.39, 0.29) is 21.7 Å². The Morgan fingerprint density at radius 1 is 1.32 bits per heavy atom. The number of anilines is 1. The van der Waals surface area contributed by atoms with Crippen LogP contribution in [0, 0.1) is 5.82 Å². The van der Waals surface area contributed by atoms with Crippen LogP contribution in [0.2, 0.25) is 10.0 Å². The Kier molecular flexibility index (Phi) is 4.89. The van der Waals surface area contributed by atoms with E-state index in [2.05, 4.69) is 15.3 Å². The number of sulfone groups is 1. The second-order valence-electron chi connectivity index (χ2n) is 5.42. The second kappa shape index (κ2) is 6.68. The molecule has 0 spiro atoms. The van der Waals surface area contributed by atoms with Gasteiger partial charge in [-0.25, -0.2) is 22.8 Å². The third kappa shape index (κ3) is 3.72. The maximum atomic E-state index is 14.3. The molecule has 1 aromatic carbocycles. The van der Waals surface area contributed by atoms with E-state index in [9.17, 15) is 12.8 Å².